The van der Waals surface area contributed by atoms with Crippen molar-refractivity contribution in [1.29, 1.82) is 0 Å². The molecule has 2 N–H and O–H groups in total. The number of carbonyl (C=O) groups excluding carboxylic acids is 1. The number of carbonyl (C=O) groups is 1. The Bertz CT molecular complexity index is 518. The van der Waals surface area contributed by atoms with Gasteiger partial charge in [-0.25, -0.2) is 0 Å². The van der Waals surface area contributed by atoms with Crippen LogP contribution in [0.25, 0.3) is 0 Å². The molecule has 0 bridgehead atoms. The van der Waals surface area contributed by atoms with Crippen LogP contribution in [-0.4, -0.2) is 42.9 Å². The van der Waals surface area contributed by atoms with Crippen molar-refractivity contribution >= 4 is 47.2 Å². The summed E-state index contributed by atoms with van der Waals surface area (Å²) < 4.78 is 0. The summed E-state index contributed by atoms with van der Waals surface area (Å²) in [6.45, 7) is 8.01. The molecule has 0 spiro atoms. The predicted molar refractivity (Wildman–Crippen MR) is 108 cm³/mol. The van der Waals surface area contributed by atoms with E-state index in [1.54, 1.807) is 11.3 Å². The van der Waals surface area contributed by atoms with E-state index in [1.807, 2.05) is 11.8 Å². The third kappa shape index (κ3) is 6.29. The first-order valence-corrected chi connectivity index (χ1v) is 8.97. The topological polar surface area (TPSA) is 56.7 Å². The highest BCUT2D eigenvalue weighted by molar-refractivity contribution is 14.0. The SMILES string of the molecule is CCCN=C(NCC)NCCC(=O)N1CCc2sccc2C1.I. The Morgan fingerprint density at radius 1 is 1.39 bits per heavy atom. The van der Waals surface area contributed by atoms with Crippen molar-refractivity contribution in [2.45, 2.75) is 39.7 Å². The highest BCUT2D eigenvalue weighted by Gasteiger charge is 2.20. The van der Waals surface area contributed by atoms with Crippen LogP contribution in [0.1, 0.15) is 37.1 Å². The van der Waals surface area contributed by atoms with Crippen molar-refractivity contribution in [3.63, 3.8) is 0 Å². The van der Waals surface area contributed by atoms with Gasteiger partial charge in [-0.2, -0.15) is 0 Å². The number of nitrogens with one attached hydrogen (secondary N) is 2. The average molecular weight is 450 g/mol. The number of rotatable bonds is 6. The lowest BCUT2D eigenvalue weighted by atomic mass is 10.1. The van der Waals surface area contributed by atoms with Crippen molar-refractivity contribution in [2.75, 3.05) is 26.2 Å². The van der Waals surface area contributed by atoms with Gasteiger partial charge in [0.15, 0.2) is 5.96 Å². The molecule has 2 rings (SSSR count). The van der Waals surface area contributed by atoms with E-state index in [4.69, 9.17) is 0 Å². The van der Waals surface area contributed by atoms with Gasteiger partial charge in [0.25, 0.3) is 0 Å². The molecule has 0 aromatic carbocycles. The lowest BCUT2D eigenvalue weighted by Gasteiger charge is -2.27. The molecular formula is C16H27IN4OS. The van der Waals surface area contributed by atoms with Crippen molar-refractivity contribution in [2.24, 2.45) is 4.99 Å². The Kier molecular flexibility index (Phi) is 9.54. The molecule has 1 aromatic rings. The fraction of sp³-hybridized carbons (Fsp3) is 0.625. The second-order valence-electron chi connectivity index (χ2n) is 5.37. The highest BCUT2D eigenvalue weighted by Crippen LogP contribution is 2.24. The zero-order valence-corrected chi connectivity index (χ0v) is 17.1. The molecule has 1 aliphatic heterocycles. The third-order valence-corrected chi connectivity index (χ3v) is 4.65. The van der Waals surface area contributed by atoms with E-state index >= 15 is 0 Å². The molecule has 0 saturated carbocycles. The largest absolute Gasteiger partial charge is 0.357 e. The summed E-state index contributed by atoms with van der Waals surface area (Å²) in [5, 5.41) is 8.55. The fourth-order valence-corrected chi connectivity index (χ4v) is 3.36. The zero-order chi connectivity index (χ0) is 15.8. The van der Waals surface area contributed by atoms with E-state index in [0.29, 0.717) is 13.0 Å². The summed E-state index contributed by atoms with van der Waals surface area (Å²) in [4.78, 5) is 20.1. The Labute approximate surface area is 160 Å². The molecule has 2 heterocycles. The third-order valence-electron chi connectivity index (χ3n) is 3.63. The van der Waals surface area contributed by atoms with Gasteiger partial charge in [0.1, 0.15) is 0 Å². The molecule has 0 saturated heterocycles. The number of halogens is 1. The second kappa shape index (κ2) is 10.9. The lowest BCUT2D eigenvalue weighted by molar-refractivity contribution is -0.131. The Morgan fingerprint density at radius 2 is 2.22 bits per heavy atom. The maximum absolute atomic E-state index is 12.3. The molecule has 1 amide bonds. The van der Waals surface area contributed by atoms with Crippen LogP contribution in [0.2, 0.25) is 0 Å². The van der Waals surface area contributed by atoms with Gasteiger partial charge in [-0.15, -0.1) is 35.3 Å². The summed E-state index contributed by atoms with van der Waals surface area (Å²) >= 11 is 1.80. The maximum atomic E-state index is 12.3. The Hall–Kier alpha value is -0.830. The Balaban J connectivity index is 0.00000264. The van der Waals surface area contributed by atoms with E-state index in [2.05, 4.69) is 34.0 Å². The van der Waals surface area contributed by atoms with Crippen LogP contribution in [0, 0.1) is 0 Å². The molecule has 0 radical (unpaired) electrons. The van der Waals surface area contributed by atoms with Crippen LogP contribution in [0.4, 0.5) is 0 Å². The van der Waals surface area contributed by atoms with Crippen LogP contribution in [0.5, 0.6) is 0 Å². The van der Waals surface area contributed by atoms with Crippen molar-refractivity contribution in [1.82, 2.24) is 15.5 Å². The number of thiophene rings is 1. The lowest BCUT2D eigenvalue weighted by Crippen LogP contribution is -2.41. The minimum atomic E-state index is 0. The smallest absolute Gasteiger partial charge is 0.224 e. The summed E-state index contributed by atoms with van der Waals surface area (Å²) in [7, 11) is 0. The van der Waals surface area contributed by atoms with Gasteiger partial charge in [-0.3, -0.25) is 9.79 Å². The number of hydrogen-bond acceptors (Lipinski definition) is 3. The number of nitrogens with zero attached hydrogens (tertiary/aromatic N) is 2. The predicted octanol–water partition coefficient (Wildman–Crippen LogP) is 2.61. The summed E-state index contributed by atoms with van der Waals surface area (Å²) in [6, 6.07) is 2.14. The van der Waals surface area contributed by atoms with Gasteiger partial charge in [0.05, 0.1) is 0 Å². The number of hydrogen-bond donors (Lipinski definition) is 2. The standard InChI is InChI=1S/C16H26N4OS.HI/c1-3-8-18-16(17-4-2)19-9-5-15(21)20-10-6-14-13(12-20)7-11-22-14;/h7,11H,3-6,8-10,12H2,1-2H3,(H2,17,18,19);1H. The molecule has 1 aliphatic rings. The number of fused-ring (bicyclic) bond motifs is 1. The van der Waals surface area contributed by atoms with Crippen LogP contribution in [0.15, 0.2) is 16.4 Å². The van der Waals surface area contributed by atoms with Crippen LogP contribution < -0.4 is 10.6 Å². The highest BCUT2D eigenvalue weighted by atomic mass is 127. The second-order valence-corrected chi connectivity index (χ2v) is 6.37. The molecule has 7 heteroatoms. The van der Waals surface area contributed by atoms with Crippen LogP contribution in [-0.2, 0) is 17.8 Å². The zero-order valence-electron chi connectivity index (χ0n) is 13.9. The van der Waals surface area contributed by atoms with Crippen molar-refractivity contribution in [3.8, 4) is 0 Å². The van der Waals surface area contributed by atoms with E-state index < -0.39 is 0 Å². The van der Waals surface area contributed by atoms with Gasteiger partial charge < -0.3 is 15.5 Å². The van der Waals surface area contributed by atoms with Gasteiger partial charge >= 0.3 is 0 Å². The first-order chi connectivity index (χ1) is 10.7. The summed E-state index contributed by atoms with van der Waals surface area (Å²) in [5.41, 5.74) is 1.32. The van der Waals surface area contributed by atoms with E-state index in [1.165, 1.54) is 10.4 Å². The average Bonchev–Trinajstić information content (AvgIpc) is 2.99. The molecule has 0 atom stereocenters. The quantitative estimate of drug-likeness (QED) is 0.398. The van der Waals surface area contributed by atoms with Gasteiger partial charge in [-0.1, -0.05) is 6.92 Å². The fourth-order valence-electron chi connectivity index (χ4n) is 2.47. The van der Waals surface area contributed by atoms with Gasteiger partial charge in [0, 0.05) is 44.0 Å². The molecule has 0 aliphatic carbocycles. The van der Waals surface area contributed by atoms with Crippen LogP contribution >= 0.6 is 35.3 Å². The monoisotopic (exact) mass is 450 g/mol. The molecule has 130 valence electrons. The number of guanidine groups is 1. The molecule has 0 fully saturated rings. The van der Waals surface area contributed by atoms with E-state index in [9.17, 15) is 4.79 Å². The summed E-state index contributed by atoms with van der Waals surface area (Å²) in [6.07, 6.45) is 2.52. The Morgan fingerprint density at radius 3 is 2.96 bits per heavy atom. The van der Waals surface area contributed by atoms with Gasteiger partial charge in [-0.05, 0) is 36.8 Å². The summed E-state index contributed by atoms with van der Waals surface area (Å²) in [5.74, 6) is 1.02. The number of amides is 1. The molecule has 5 nitrogen and oxygen atoms in total. The van der Waals surface area contributed by atoms with Crippen LogP contribution in [0.3, 0.4) is 0 Å². The first kappa shape index (κ1) is 20.2. The first-order valence-electron chi connectivity index (χ1n) is 8.09. The molecular weight excluding hydrogens is 423 g/mol. The van der Waals surface area contributed by atoms with E-state index in [0.717, 1.165) is 45.0 Å². The van der Waals surface area contributed by atoms with Gasteiger partial charge in [0.2, 0.25) is 5.91 Å². The molecule has 0 unspecified atom stereocenters. The molecule has 1 aromatic heterocycles. The van der Waals surface area contributed by atoms with Crippen molar-refractivity contribution < 1.29 is 4.79 Å². The number of aliphatic imine (C=N–C) groups is 1. The van der Waals surface area contributed by atoms with Crippen molar-refractivity contribution in [3.05, 3.63) is 21.9 Å². The maximum Gasteiger partial charge on any atom is 0.224 e. The van der Waals surface area contributed by atoms with E-state index in [-0.39, 0.29) is 29.9 Å². The minimum absolute atomic E-state index is 0. The molecule has 23 heavy (non-hydrogen) atoms. The minimum Gasteiger partial charge on any atom is -0.357 e. The normalized spacial score (nSPS) is 14.0.